The van der Waals surface area contributed by atoms with Gasteiger partial charge in [0.15, 0.2) is 0 Å². The lowest BCUT2D eigenvalue weighted by atomic mass is 9.99. The van der Waals surface area contributed by atoms with Crippen LogP contribution in [0, 0.1) is 0 Å². The molecule has 23 heavy (non-hydrogen) atoms. The normalized spacial score (nSPS) is 28.9. The number of rotatable bonds is 5. The Bertz CT molecular complexity index is 370. The van der Waals surface area contributed by atoms with E-state index in [0.717, 1.165) is 45.4 Å². The van der Waals surface area contributed by atoms with Crippen LogP contribution in [0.2, 0.25) is 0 Å². The number of amides is 1. The minimum atomic E-state index is -0.342. The minimum Gasteiger partial charge on any atom is -0.376 e. The van der Waals surface area contributed by atoms with Gasteiger partial charge in [0.1, 0.15) is 6.10 Å². The van der Waals surface area contributed by atoms with Crippen molar-refractivity contribution in [2.24, 2.45) is 0 Å². The Hall–Kier alpha value is -0.650. The van der Waals surface area contributed by atoms with E-state index < -0.39 is 0 Å². The summed E-state index contributed by atoms with van der Waals surface area (Å²) in [6, 6.07) is 0.683. The maximum atomic E-state index is 12.5. The molecule has 3 aliphatic rings. The van der Waals surface area contributed by atoms with Crippen molar-refractivity contribution in [1.29, 1.82) is 0 Å². The summed E-state index contributed by atoms with van der Waals surface area (Å²) in [7, 11) is 0. The van der Waals surface area contributed by atoms with Crippen molar-refractivity contribution in [2.75, 3.05) is 39.4 Å². The number of carbonyl (C=O) groups excluding carboxylic acids is 1. The van der Waals surface area contributed by atoms with E-state index in [2.05, 4.69) is 4.90 Å². The summed E-state index contributed by atoms with van der Waals surface area (Å²) in [4.78, 5) is 17.2. The third-order valence-electron chi connectivity index (χ3n) is 5.59. The highest BCUT2D eigenvalue weighted by molar-refractivity contribution is 5.80. The molecule has 5 nitrogen and oxygen atoms in total. The highest BCUT2D eigenvalue weighted by atomic mass is 16.5. The molecule has 3 fully saturated rings. The van der Waals surface area contributed by atoms with Crippen molar-refractivity contribution < 1.29 is 14.3 Å². The average Bonchev–Trinajstić information content (AvgIpc) is 3.13. The summed E-state index contributed by atoms with van der Waals surface area (Å²) in [6.45, 7) is 7.53. The predicted octanol–water partition coefficient (Wildman–Crippen LogP) is 2.05. The van der Waals surface area contributed by atoms with Gasteiger partial charge in [-0.3, -0.25) is 4.79 Å². The molecule has 0 bridgehead atoms. The van der Waals surface area contributed by atoms with E-state index in [0.29, 0.717) is 12.6 Å². The standard InChI is InChI=1S/C18H32N2O3/c1-15(23-14-17-6-5-13-22-17)18(21)20-11-7-16(8-12-20)19-9-3-2-4-10-19/h15-17H,2-14H2,1H3/t15-,17+/m0/s1. The van der Waals surface area contributed by atoms with Crippen molar-refractivity contribution in [1.82, 2.24) is 9.80 Å². The number of piperidine rings is 2. The van der Waals surface area contributed by atoms with Gasteiger partial charge in [0, 0.05) is 25.7 Å². The molecular formula is C18H32N2O3. The number of nitrogens with zero attached hydrogens (tertiary/aromatic N) is 2. The third-order valence-corrected chi connectivity index (χ3v) is 5.59. The fourth-order valence-corrected chi connectivity index (χ4v) is 4.09. The molecule has 0 spiro atoms. The van der Waals surface area contributed by atoms with Gasteiger partial charge in [-0.1, -0.05) is 6.42 Å². The lowest BCUT2D eigenvalue weighted by Gasteiger charge is -2.40. The lowest BCUT2D eigenvalue weighted by Crippen LogP contribution is -2.50. The van der Waals surface area contributed by atoms with Gasteiger partial charge in [-0.2, -0.15) is 0 Å². The average molecular weight is 324 g/mol. The fourth-order valence-electron chi connectivity index (χ4n) is 4.09. The Morgan fingerprint density at radius 1 is 1.09 bits per heavy atom. The van der Waals surface area contributed by atoms with Crippen LogP contribution < -0.4 is 0 Å². The van der Waals surface area contributed by atoms with Gasteiger partial charge in [-0.25, -0.2) is 0 Å². The molecule has 0 aromatic heterocycles. The molecular weight excluding hydrogens is 292 g/mol. The van der Waals surface area contributed by atoms with E-state index in [1.807, 2.05) is 11.8 Å². The number of hydrogen-bond acceptors (Lipinski definition) is 4. The zero-order valence-corrected chi connectivity index (χ0v) is 14.5. The maximum absolute atomic E-state index is 12.5. The molecule has 3 rings (SSSR count). The monoisotopic (exact) mass is 324 g/mol. The van der Waals surface area contributed by atoms with Crippen molar-refractivity contribution in [3.8, 4) is 0 Å². The molecule has 0 unspecified atom stereocenters. The molecule has 2 atom stereocenters. The lowest BCUT2D eigenvalue weighted by molar-refractivity contribution is -0.146. The van der Waals surface area contributed by atoms with Crippen molar-refractivity contribution >= 4 is 5.91 Å². The summed E-state index contributed by atoms with van der Waals surface area (Å²) < 4.78 is 11.3. The second-order valence-electron chi connectivity index (χ2n) is 7.26. The second-order valence-corrected chi connectivity index (χ2v) is 7.26. The Labute approximate surface area is 140 Å². The van der Waals surface area contributed by atoms with Gasteiger partial charge in [0.2, 0.25) is 0 Å². The van der Waals surface area contributed by atoms with Crippen LogP contribution in [-0.2, 0) is 14.3 Å². The summed E-state index contributed by atoms with van der Waals surface area (Å²) in [6.07, 6.45) is 8.31. The van der Waals surface area contributed by atoms with E-state index in [-0.39, 0.29) is 18.1 Å². The summed E-state index contributed by atoms with van der Waals surface area (Å²) in [5, 5.41) is 0. The summed E-state index contributed by atoms with van der Waals surface area (Å²) in [5.74, 6) is 0.153. The van der Waals surface area contributed by atoms with E-state index >= 15 is 0 Å². The van der Waals surface area contributed by atoms with Crippen LogP contribution in [0.1, 0.15) is 51.9 Å². The van der Waals surface area contributed by atoms with Crippen LogP contribution in [0.3, 0.4) is 0 Å². The zero-order chi connectivity index (χ0) is 16.1. The molecule has 3 heterocycles. The number of carbonyl (C=O) groups is 1. The zero-order valence-electron chi connectivity index (χ0n) is 14.5. The van der Waals surface area contributed by atoms with Crippen molar-refractivity contribution in [3.05, 3.63) is 0 Å². The molecule has 3 saturated heterocycles. The first kappa shape index (κ1) is 17.2. The molecule has 0 aromatic carbocycles. The first-order chi connectivity index (χ1) is 11.2. The highest BCUT2D eigenvalue weighted by Gasteiger charge is 2.30. The third kappa shape index (κ3) is 4.68. The topological polar surface area (TPSA) is 42.0 Å². The fraction of sp³-hybridized carbons (Fsp3) is 0.944. The SMILES string of the molecule is C[C@H](OC[C@H]1CCCO1)C(=O)N1CCC(N2CCCCC2)CC1. The van der Waals surface area contributed by atoms with E-state index in [1.165, 1.54) is 32.4 Å². The minimum absolute atomic E-state index is 0.153. The van der Waals surface area contributed by atoms with Crippen LogP contribution in [-0.4, -0.2) is 73.3 Å². The van der Waals surface area contributed by atoms with E-state index in [4.69, 9.17) is 9.47 Å². The van der Waals surface area contributed by atoms with Gasteiger partial charge in [-0.05, 0) is 58.5 Å². The van der Waals surface area contributed by atoms with E-state index in [9.17, 15) is 4.79 Å². The highest BCUT2D eigenvalue weighted by Crippen LogP contribution is 2.21. The smallest absolute Gasteiger partial charge is 0.251 e. The molecule has 132 valence electrons. The Kier molecular flexibility index (Phi) is 6.31. The molecule has 1 amide bonds. The van der Waals surface area contributed by atoms with Gasteiger partial charge in [0.05, 0.1) is 12.7 Å². The van der Waals surface area contributed by atoms with Crippen LogP contribution >= 0.6 is 0 Å². The van der Waals surface area contributed by atoms with Crippen LogP contribution in [0.5, 0.6) is 0 Å². The van der Waals surface area contributed by atoms with Gasteiger partial charge in [0.25, 0.3) is 5.91 Å². The summed E-state index contributed by atoms with van der Waals surface area (Å²) in [5.41, 5.74) is 0. The van der Waals surface area contributed by atoms with Crippen molar-refractivity contribution in [3.63, 3.8) is 0 Å². The Morgan fingerprint density at radius 3 is 2.48 bits per heavy atom. The number of hydrogen-bond donors (Lipinski definition) is 0. The summed E-state index contributed by atoms with van der Waals surface area (Å²) >= 11 is 0. The first-order valence-corrected chi connectivity index (χ1v) is 9.50. The van der Waals surface area contributed by atoms with Gasteiger partial charge in [-0.15, -0.1) is 0 Å². The molecule has 0 radical (unpaired) electrons. The van der Waals surface area contributed by atoms with Crippen LogP contribution in [0.25, 0.3) is 0 Å². The largest absolute Gasteiger partial charge is 0.376 e. The van der Waals surface area contributed by atoms with Crippen LogP contribution in [0.15, 0.2) is 0 Å². The number of likely N-dealkylation sites (tertiary alicyclic amines) is 2. The van der Waals surface area contributed by atoms with Crippen LogP contribution in [0.4, 0.5) is 0 Å². The van der Waals surface area contributed by atoms with Gasteiger partial charge >= 0.3 is 0 Å². The molecule has 0 N–H and O–H groups in total. The predicted molar refractivity (Wildman–Crippen MR) is 89.4 cm³/mol. The molecule has 0 aliphatic carbocycles. The number of ether oxygens (including phenoxy) is 2. The molecule has 0 aromatic rings. The van der Waals surface area contributed by atoms with Gasteiger partial charge < -0.3 is 19.3 Å². The molecule has 0 saturated carbocycles. The maximum Gasteiger partial charge on any atom is 0.251 e. The van der Waals surface area contributed by atoms with Crippen molar-refractivity contribution in [2.45, 2.75) is 70.1 Å². The first-order valence-electron chi connectivity index (χ1n) is 9.50. The quantitative estimate of drug-likeness (QED) is 0.776. The Morgan fingerprint density at radius 2 is 1.83 bits per heavy atom. The second kappa shape index (κ2) is 8.45. The molecule has 5 heteroatoms. The Balaban J connectivity index is 1.38. The molecule has 3 aliphatic heterocycles. The van der Waals surface area contributed by atoms with E-state index in [1.54, 1.807) is 0 Å².